The lowest BCUT2D eigenvalue weighted by molar-refractivity contribution is -0.300. The van der Waals surface area contributed by atoms with Crippen LogP contribution in [0.1, 0.15) is 49.2 Å². The normalized spacial score (nSPS) is 21.0. The van der Waals surface area contributed by atoms with Gasteiger partial charge in [-0.15, -0.1) is 0 Å². The SMILES string of the molecule is CC(C)=CCc1cc(C(=O)Nc2c(O)c3ccc(OC4OC(C)(C)C(O)C(OC(N)=O)C4O)c(C)c3oc2=O)cc(O)c1O. The van der Waals surface area contributed by atoms with Crippen molar-refractivity contribution in [2.45, 2.75) is 71.2 Å². The van der Waals surface area contributed by atoms with Crippen LogP contribution in [-0.2, 0) is 15.9 Å². The second-order valence-electron chi connectivity index (χ2n) is 11.2. The van der Waals surface area contributed by atoms with Gasteiger partial charge in [0.1, 0.15) is 17.4 Å². The summed E-state index contributed by atoms with van der Waals surface area (Å²) in [4.78, 5) is 37.3. The molecule has 1 saturated heterocycles. The molecule has 44 heavy (non-hydrogen) atoms. The molecule has 0 radical (unpaired) electrons. The highest BCUT2D eigenvalue weighted by molar-refractivity contribution is 6.07. The Labute approximate surface area is 250 Å². The zero-order valence-corrected chi connectivity index (χ0v) is 24.6. The summed E-state index contributed by atoms with van der Waals surface area (Å²) in [7, 11) is 0. The molecule has 1 aliphatic heterocycles. The highest BCUT2D eigenvalue weighted by atomic mass is 16.7. The number of aryl methyl sites for hydroxylation is 1. The summed E-state index contributed by atoms with van der Waals surface area (Å²) in [6.45, 7) is 8.17. The number of rotatable bonds is 7. The van der Waals surface area contributed by atoms with Crippen molar-refractivity contribution >= 4 is 28.7 Å². The smallest absolute Gasteiger partial charge is 0.404 e. The average Bonchev–Trinajstić information content (AvgIpc) is 2.94. The monoisotopic (exact) mass is 614 g/mol. The molecule has 0 saturated carbocycles. The minimum Gasteiger partial charge on any atom is -0.505 e. The minimum absolute atomic E-state index is 0.0263. The molecule has 2 amide bonds. The molecule has 14 heteroatoms. The first-order valence-electron chi connectivity index (χ1n) is 13.5. The van der Waals surface area contributed by atoms with Gasteiger partial charge in [0.2, 0.25) is 6.29 Å². The Balaban J connectivity index is 1.64. The van der Waals surface area contributed by atoms with Gasteiger partial charge in [0.15, 0.2) is 35.1 Å². The lowest BCUT2D eigenvalue weighted by Crippen LogP contribution is -2.64. The summed E-state index contributed by atoms with van der Waals surface area (Å²) in [6.07, 6.45) is -5.25. The van der Waals surface area contributed by atoms with E-state index in [2.05, 4.69) is 5.32 Å². The lowest BCUT2D eigenvalue weighted by Gasteiger charge is -2.45. The molecular weight excluding hydrogens is 580 g/mol. The first-order chi connectivity index (χ1) is 20.5. The summed E-state index contributed by atoms with van der Waals surface area (Å²) in [5, 5.41) is 54.8. The van der Waals surface area contributed by atoms with E-state index in [1.54, 1.807) is 6.08 Å². The second-order valence-corrected chi connectivity index (χ2v) is 11.2. The molecule has 4 atom stereocenters. The fourth-order valence-electron chi connectivity index (χ4n) is 4.73. The zero-order chi connectivity index (χ0) is 32.7. The molecule has 4 unspecified atom stereocenters. The Morgan fingerprint density at radius 3 is 2.43 bits per heavy atom. The van der Waals surface area contributed by atoms with Gasteiger partial charge in [-0.1, -0.05) is 11.6 Å². The van der Waals surface area contributed by atoms with Gasteiger partial charge < -0.3 is 55.2 Å². The number of aliphatic hydroxyl groups excluding tert-OH is 2. The maximum Gasteiger partial charge on any atom is 0.404 e. The van der Waals surface area contributed by atoms with Gasteiger partial charge in [0, 0.05) is 16.7 Å². The summed E-state index contributed by atoms with van der Waals surface area (Å²) < 4.78 is 21.8. The number of benzene rings is 2. The fourth-order valence-corrected chi connectivity index (χ4v) is 4.73. The standard InChI is InChI=1S/C30H34N2O12/c1-12(2)6-7-14-10-15(11-17(33)20(14)34)26(38)32-19-21(35)16-8-9-18(13(3)23(16)42-27(19)39)41-28-22(36)24(43-29(31)40)25(37)30(4,5)44-28/h6,8-11,22,24-25,28,33-37H,7H2,1-5H3,(H2,31,40)(H,32,38). The number of hydrogen-bond donors (Lipinski definition) is 7. The quantitative estimate of drug-likeness (QED) is 0.116. The third-order valence-electron chi connectivity index (χ3n) is 7.20. The Kier molecular flexibility index (Phi) is 8.81. The van der Waals surface area contributed by atoms with E-state index in [4.69, 9.17) is 24.4 Å². The van der Waals surface area contributed by atoms with Crippen molar-refractivity contribution < 1.29 is 53.7 Å². The maximum absolute atomic E-state index is 13.0. The Bertz CT molecular complexity index is 1710. The number of allylic oxidation sites excluding steroid dienone is 2. The molecule has 2 heterocycles. The van der Waals surface area contributed by atoms with Crippen LogP contribution in [0.25, 0.3) is 11.0 Å². The fraction of sp³-hybridized carbons (Fsp3) is 0.367. The van der Waals surface area contributed by atoms with Crippen molar-refractivity contribution in [3.63, 3.8) is 0 Å². The predicted molar refractivity (Wildman–Crippen MR) is 156 cm³/mol. The van der Waals surface area contributed by atoms with Crippen molar-refractivity contribution in [2.75, 3.05) is 5.32 Å². The number of ether oxygens (including phenoxy) is 3. The van der Waals surface area contributed by atoms with E-state index in [0.717, 1.165) is 11.6 Å². The predicted octanol–water partition coefficient (Wildman–Crippen LogP) is 2.68. The van der Waals surface area contributed by atoms with Crippen molar-refractivity contribution in [1.82, 2.24) is 0 Å². The van der Waals surface area contributed by atoms with Crippen LogP contribution >= 0.6 is 0 Å². The van der Waals surface area contributed by atoms with E-state index in [1.165, 1.54) is 39.0 Å². The van der Waals surface area contributed by atoms with Gasteiger partial charge in [0.25, 0.3) is 5.91 Å². The molecule has 8 N–H and O–H groups in total. The number of aliphatic hydroxyl groups is 2. The molecule has 1 fully saturated rings. The summed E-state index contributed by atoms with van der Waals surface area (Å²) in [6, 6.07) is 5.08. The minimum atomic E-state index is -1.67. The van der Waals surface area contributed by atoms with Crippen molar-refractivity contribution in [2.24, 2.45) is 5.73 Å². The number of primary amides is 1. The first kappa shape index (κ1) is 32.1. The number of nitrogens with one attached hydrogen (secondary N) is 1. The van der Waals surface area contributed by atoms with Gasteiger partial charge in [-0.2, -0.15) is 0 Å². The summed E-state index contributed by atoms with van der Waals surface area (Å²) in [5.41, 5.74) is 3.30. The Morgan fingerprint density at radius 2 is 1.80 bits per heavy atom. The number of hydrogen-bond acceptors (Lipinski definition) is 12. The molecule has 236 valence electrons. The van der Waals surface area contributed by atoms with Crippen LogP contribution in [0.4, 0.5) is 10.5 Å². The molecule has 14 nitrogen and oxygen atoms in total. The average molecular weight is 615 g/mol. The zero-order valence-electron chi connectivity index (χ0n) is 24.6. The number of phenols is 2. The van der Waals surface area contributed by atoms with E-state index in [-0.39, 0.29) is 45.6 Å². The molecule has 2 aromatic carbocycles. The topological polar surface area (TPSA) is 231 Å². The molecule has 1 aromatic heterocycles. The van der Waals surface area contributed by atoms with Crippen LogP contribution in [0.15, 0.2) is 45.1 Å². The molecule has 3 aromatic rings. The summed E-state index contributed by atoms with van der Waals surface area (Å²) >= 11 is 0. The van der Waals surface area contributed by atoms with Crippen LogP contribution in [0.2, 0.25) is 0 Å². The van der Waals surface area contributed by atoms with E-state index in [9.17, 15) is 39.9 Å². The lowest BCUT2D eigenvalue weighted by atomic mass is 9.89. The van der Waals surface area contributed by atoms with Gasteiger partial charge in [-0.05, 0) is 65.3 Å². The van der Waals surface area contributed by atoms with Crippen LogP contribution in [0, 0.1) is 6.92 Å². The van der Waals surface area contributed by atoms with Crippen LogP contribution in [0.3, 0.4) is 0 Å². The first-order valence-corrected chi connectivity index (χ1v) is 13.5. The van der Waals surface area contributed by atoms with Crippen molar-refractivity contribution in [1.29, 1.82) is 0 Å². The number of fused-ring (bicyclic) bond motifs is 1. The van der Waals surface area contributed by atoms with Crippen molar-refractivity contribution in [3.8, 4) is 23.0 Å². The number of nitrogens with two attached hydrogens (primary N) is 1. The number of phenolic OH excluding ortho intramolecular Hbond substituents is 2. The number of amides is 2. The molecule has 0 spiro atoms. The van der Waals surface area contributed by atoms with E-state index < -0.39 is 65.0 Å². The van der Waals surface area contributed by atoms with Crippen molar-refractivity contribution in [3.05, 3.63) is 63.0 Å². The van der Waals surface area contributed by atoms with E-state index >= 15 is 0 Å². The number of anilines is 1. The van der Waals surface area contributed by atoms with Gasteiger partial charge >= 0.3 is 11.7 Å². The summed E-state index contributed by atoms with van der Waals surface area (Å²) in [5.74, 6) is -2.35. The van der Waals surface area contributed by atoms with E-state index in [1.807, 2.05) is 13.8 Å². The highest BCUT2D eigenvalue weighted by Gasteiger charge is 2.52. The van der Waals surface area contributed by atoms with Crippen LogP contribution < -0.4 is 21.4 Å². The molecular formula is C30H34N2O12. The Hall–Kier alpha value is -4.79. The Morgan fingerprint density at radius 1 is 1.11 bits per heavy atom. The molecule has 4 rings (SSSR count). The van der Waals surface area contributed by atoms with E-state index in [0.29, 0.717) is 0 Å². The largest absolute Gasteiger partial charge is 0.505 e. The number of aromatic hydroxyl groups is 3. The number of carbonyl (C=O) groups excluding carboxylic acids is 2. The number of carbonyl (C=O) groups is 2. The van der Waals surface area contributed by atoms with Gasteiger partial charge in [-0.25, -0.2) is 9.59 Å². The third kappa shape index (κ3) is 6.27. The van der Waals surface area contributed by atoms with Crippen LogP contribution in [0.5, 0.6) is 23.0 Å². The second kappa shape index (κ2) is 12.1. The maximum atomic E-state index is 13.0. The third-order valence-corrected chi connectivity index (χ3v) is 7.20. The molecule has 0 bridgehead atoms. The molecule has 1 aliphatic rings. The molecule has 0 aliphatic carbocycles. The van der Waals surface area contributed by atoms with Gasteiger partial charge in [-0.3, -0.25) is 4.79 Å². The highest BCUT2D eigenvalue weighted by Crippen LogP contribution is 2.38. The van der Waals surface area contributed by atoms with Crippen LogP contribution in [-0.4, -0.2) is 67.7 Å². The van der Waals surface area contributed by atoms with Gasteiger partial charge in [0.05, 0.1) is 11.0 Å².